The van der Waals surface area contributed by atoms with Gasteiger partial charge in [-0.1, -0.05) is 26.0 Å². The molecule has 0 amide bonds. The minimum atomic E-state index is -4.44. The quantitative estimate of drug-likeness (QED) is 0.527. The van der Waals surface area contributed by atoms with E-state index in [4.69, 9.17) is 0 Å². The van der Waals surface area contributed by atoms with E-state index in [-0.39, 0.29) is 23.2 Å². The molecule has 1 aromatic heterocycles. The lowest BCUT2D eigenvalue weighted by molar-refractivity contribution is -0.137. The standard InChI is InChI=1S/C18H16F3N3O/c1-10(2)11-6-7-15-14(8-11)16(17(25)22-15)24-23-13-5-3-4-12(9-13)18(19,20)21/h3-10,22,25H,1-2H3. The van der Waals surface area contributed by atoms with Crippen LogP contribution in [0, 0.1) is 0 Å². The zero-order chi connectivity index (χ0) is 18.2. The van der Waals surface area contributed by atoms with Crippen molar-refractivity contribution in [2.45, 2.75) is 25.9 Å². The van der Waals surface area contributed by atoms with E-state index in [1.807, 2.05) is 32.0 Å². The molecule has 0 aliphatic rings. The van der Waals surface area contributed by atoms with Gasteiger partial charge in [0.2, 0.25) is 5.88 Å². The third-order valence-corrected chi connectivity index (χ3v) is 3.88. The number of fused-ring (bicyclic) bond motifs is 1. The van der Waals surface area contributed by atoms with Crippen LogP contribution in [0.2, 0.25) is 0 Å². The second-order valence-electron chi connectivity index (χ2n) is 6.03. The van der Waals surface area contributed by atoms with Crippen LogP contribution in [0.15, 0.2) is 52.7 Å². The van der Waals surface area contributed by atoms with Crippen molar-refractivity contribution in [1.82, 2.24) is 4.98 Å². The summed E-state index contributed by atoms with van der Waals surface area (Å²) in [4.78, 5) is 2.79. The molecular formula is C18H16F3N3O. The van der Waals surface area contributed by atoms with Crippen molar-refractivity contribution in [2.24, 2.45) is 10.2 Å². The SMILES string of the molecule is CC(C)c1ccc2[nH]c(O)c(N=Nc3cccc(C(F)(F)F)c3)c2c1. The van der Waals surface area contributed by atoms with Crippen LogP contribution in [0.3, 0.4) is 0 Å². The molecule has 0 saturated heterocycles. The molecule has 0 fully saturated rings. The van der Waals surface area contributed by atoms with E-state index in [0.717, 1.165) is 17.7 Å². The number of nitrogens with one attached hydrogen (secondary N) is 1. The zero-order valence-corrected chi connectivity index (χ0v) is 13.6. The third kappa shape index (κ3) is 3.50. The largest absolute Gasteiger partial charge is 0.493 e. The Hall–Kier alpha value is -2.83. The van der Waals surface area contributed by atoms with E-state index in [1.165, 1.54) is 12.1 Å². The molecule has 2 N–H and O–H groups in total. The Morgan fingerprint density at radius 3 is 2.48 bits per heavy atom. The van der Waals surface area contributed by atoms with Gasteiger partial charge >= 0.3 is 6.18 Å². The molecule has 25 heavy (non-hydrogen) atoms. The van der Waals surface area contributed by atoms with Crippen molar-refractivity contribution < 1.29 is 18.3 Å². The number of nitrogens with zero attached hydrogens (tertiary/aromatic N) is 2. The van der Waals surface area contributed by atoms with Crippen LogP contribution in [-0.2, 0) is 6.18 Å². The lowest BCUT2D eigenvalue weighted by Gasteiger charge is -2.06. The van der Waals surface area contributed by atoms with Crippen LogP contribution in [0.25, 0.3) is 10.9 Å². The van der Waals surface area contributed by atoms with Crippen molar-refractivity contribution in [1.29, 1.82) is 0 Å². The Balaban J connectivity index is 2.01. The van der Waals surface area contributed by atoms with E-state index in [9.17, 15) is 18.3 Å². The molecule has 0 radical (unpaired) electrons. The zero-order valence-electron chi connectivity index (χ0n) is 13.6. The van der Waals surface area contributed by atoms with E-state index >= 15 is 0 Å². The Bertz CT molecular complexity index is 942. The highest BCUT2D eigenvalue weighted by molar-refractivity contribution is 5.94. The maximum Gasteiger partial charge on any atom is 0.416 e. The van der Waals surface area contributed by atoms with Crippen LogP contribution in [-0.4, -0.2) is 10.1 Å². The van der Waals surface area contributed by atoms with Gasteiger partial charge in [-0.2, -0.15) is 18.3 Å². The summed E-state index contributed by atoms with van der Waals surface area (Å²) in [5, 5.41) is 18.5. The fraction of sp³-hybridized carbons (Fsp3) is 0.222. The van der Waals surface area contributed by atoms with E-state index in [2.05, 4.69) is 15.2 Å². The first kappa shape index (κ1) is 17.0. The second-order valence-corrected chi connectivity index (χ2v) is 6.03. The van der Waals surface area contributed by atoms with Gasteiger partial charge in [0.25, 0.3) is 0 Å². The van der Waals surface area contributed by atoms with Crippen LogP contribution in [0.4, 0.5) is 24.5 Å². The Morgan fingerprint density at radius 2 is 1.80 bits per heavy atom. The number of halogens is 3. The van der Waals surface area contributed by atoms with Crippen LogP contribution >= 0.6 is 0 Å². The van der Waals surface area contributed by atoms with Gasteiger partial charge in [-0.25, -0.2) is 0 Å². The molecule has 0 bridgehead atoms. The van der Waals surface area contributed by atoms with Gasteiger partial charge in [-0.05, 0) is 41.8 Å². The molecule has 0 spiro atoms. The van der Waals surface area contributed by atoms with Crippen LogP contribution < -0.4 is 0 Å². The van der Waals surface area contributed by atoms with Gasteiger partial charge in [0.05, 0.1) is 16.8 Å². The summed E-state index contributed by atoms with van der Waals surface area (Å²) < 4.78 is 38.3. The Morgan fingerprint density at radius 1 is 1.04 bits per heavy atom. The predicted molar refractivity (Wildman–Crippen MR) is 89.7 cm³/mol. The first-order chi connectivity index (χ1) is 11.8. The Labute approximate surface area is 142 Å². The van der Waals surface area contributed by atoms with Crippen molar-refractivity contribution in [3.8, 4) is 5.88 Å². The number of hydrogen-bond donors (Lipinski definition) is 2. The van der Waals surface area contributed by atoms with Gasteiger partial charge in [-0.15, -0.1) is 5.11 Å². The van der Waals surface area contributed by atoms with Crippen molar-refractivity contribution in [2.75, 3.05) is 0 Å². The third-order valence-electron chi connectivity index (χ3n) is 3.88. The van der Waals surface area contributed by atoms with Gasteiger partial charge in [0.15, 0.2) is 5.69 Å². The number of benzene rings is 2. The summed E-state index contributed by atoms with van der Waals surface area (Å²) in [7, 11) is 0. The lowest BCUT2D eigenvalue weighted by atomic mass is 10.0. The summed E-state index contributed by atoms with van der Waals surface area (Å²) >= 11 is 0. The highest BCUT2D eigenvalue weighted by Gasteiger charge is 2.30. The van der Waals surface area contributed by atoms with Crippen LogP contribution in [0.5, 0.6) is 5.88 Å². The van der Waals surface area contributed by atoms with Crippen molar-refractivity contribution in [3.63, 3.8) is 0 Å². The first-order valence-electron chi connectivity index (χ1n) is 7.69. The lowest BCUT2D eigenvalue weighted by Crippen LogP contribution is -2.03. The number of azo groups is 1. The molecule has 0 unspecified atom stereocenters. The van der Waals surface area contributed by atoms with E-state index in [1.54, 1.807) is 0 Å². The highest BCUT2D eigenvalue weighted by Crippen LogP contribution is 2.38. The molecule has 7 heteroatoms. The van der Waals surface area contributed by atoms with Gasteiger partial charge in [0.1, 0.15) is 0 Å². The normalized spacial score (nSPS) is 12.6. The summed E-state index contributed by atoms with van der Waals surface area (Å²) in [6.07, 6.45) is -4.44. The molecule has 3 rings (SSSR count). The van der Waals surface area contributed by atoms with Crippen LogP contribution in [0.1, 0.15) is 30.9 Å². The molecule has 130 valence electrons. The summed E-state index contributed by atoms with van der Waals surface area (Å²) in [5.41, 5.74) is 1.20. The van der Waals surface area contributed by atoms with E-state index in [0.29, 0.717) is 10.9 Å². The number of aromatic hydroxyl groups is 1. The molecule has 0 saturated carbocycles. The maximum absolute atomic E-state index is 12.8. The predicted octanol–water partition coefficient (Wildman–Crippen LogP) is 6.43. The van der Waals surface area contributed by atoms with Crippen molar-refractivity contribution >= 4 is 22.3 Å². The second kappa shape index (κ2) is 6.23. The number of H-pyrrole nitrogens is 1. The molecule has 0 atom stereocenters. The Kier molecular flexibility index (Phi) is 4.24. The maximum atomic E-state index is 12.8. The molecule has 0 aliphatic carbocycles. The molecule has 1 heterocycles. The topological polar surface area (TPSA) is 60.7 Å². The smallest absolute Gasteiger partial charge is 0.416 e. The minimum absolute atomic E-state index is 0.0589. The minimum Gasteiger partial charge on any atom is -0.493 e. The molecular weight excluding hydrogens is 331 g/mol. The molecule has 4 nitrogen and oxygen atoms in total. The van der Waals surface area contributed by atoms with E-state index < -0.39 is 11.7 Å². The number of rotatable bonds is 3. The first-order valence-corrected chi connectivity index (χ1v) is 7.69. The summed E-state index contributed by atoms with van der Waals surface area (Å²) in [6, 6.07) is 10.2. The fourth-order valence-corrected chi connectivity index (χ4v) is 2.49. The average Bonchev–Trinajstić information content (AvgIpc) is 2.86. The number of aromatic amines is 1. The molecule has 2 aromatic carbocycles. The monoisotopic (exact) mass is 347 g/mol. The number of aromatic nitrogens is 1. The van der Waals surface area contributed by atoms with Gasteiger partial charge in [-0.3, -0.25) is 0 Å². The fourth-order valence-electron chi connectivity index (χ4n) is 2.49. The van der Waals surface area contributed by atoms with Gasteiger partial charge < -0.3 is 10.1 Å². The van der Waals surface area contributed by atoms with Gasteiger partial charge in [0, 0.05) is 5.39 Å². The number of hydrogen-bond acceptors (Lipinski definition) is 3. The molecule has 3 aromatic rings. The summed E-state index contributed by atoms with van der Waals surface area (Å²) in [5.74, 6) is 0.112. The average molecular weight is 347 g/mol. The highest BCUT2D eigenvalue weighted by atomic mass is 19.4. The summed E-state index contributed by atoms with van der Waals surface area (Å²) in [6.45, 7) is 4.08. The molecule has 0 aliphatic heterocycles. The number of alkyl halides is 3. The van der Waals surface area contributed by atoms with Crippen molar-refractivity contribution in [3.05, 3.63) is 53.6 Å².